The number of benzene rings is 2. The van der Waals surface area contributed by atoms with Gasteiger partial charge in [-0.1, -0.05) is 18.2 Å². The lowest BCUT2D eigenvalue weighted by molar-refractivity contribution is 0.0692. The summed E-state index contributed by atoms with van der Waals surface area (Å²) in [5.74, 6) is -2.33. The highest BCUT2D eigenvalue weighted by molar-refractivity contribution is 5.87. The molecule has 2 aromatic rings. The number of carboxylic acid groups (broad SMARTS) is 1. The summed E-state index contributed by atoms with van der Waals surface area (Å²) >= 11 is 0. The number of halogens is 2. The van der Waals surface area contributed by atoms with E-state index in [2.05, 4.69) is 5.32 Å². The molecular formula is C16H15F2NO2. The largest absolute Gasteiger partial charge is 0.478 e. The standard InChI is InChI=1S/C16H15F2NO2/c1-10(12-3-5-13(17)6-4-12)19-9-11-2-7-14(16(20)21)15(18)8-11/h2-8,10,19H,9H2,1H3,(H,20,21). The smallest absolute Gasteiger partial charge is 0.338 e. The molecule has 0 aliphatic rings. The number of rotatable bonds is 5. The van der Waals surface area contributed by atoms with E-state index in [0.29, 0.717) is 12.1 Å². The molecule has 2 rings (SSSR count). The van der Waals surface area contributed by atoms with Gasteiger partial charge in [-0.3, -0.25) is 0 Å². The predicted octanol–water partition coefficient (Wildman–Crippen LogP) is 3.51. The molecule has 5 heteroatoms. The lowest BCUT2D eigenvalue weighted by atomic mass is 10.1. The molecule has 1 unspecified atom stereocenters. The number of carboxylic acids is 1. The van der Waals surface area contributed by atoms with Gasteiger partial charge in [-0.2, -0.15) is 0 Å². The summed E-state index contributed by atoms with van der Waals surface area (Å²) < 4.78 is 26.4. The maximum atomic E-state index is 13.5. The number of aromatic carboxylic acids is 1. The van der Waals surface area contributed by atoms with E-state index in [1.807, 2.05) is 6.92 Å². The molecule has 0 bridgehead atoms. The van der Waals surface area contributed by atoms with E-state index in [4.69, 9.17) is 5.11 Å². The van der Waals surface area contributed by atoms with E-state index < -0.39 is 11.8 Å². The van der Waals surface area contributed by atoms with Crippen LogP contribution < -0.4 is 5.32 Å². The van der Waals surface area contributed by atoms with Gasteiger partial charge in [0.2, 0.25) is 0 Å². The molecule has 0 spiro atoms. The van der Waals surface area contributed by atoms with E-state index in [1.165, 1.54) is 24.3 Å². The van der Waals surface area contributed by atoms with Crippen LogP contribution in [-0.2, 0) is 6.54 Å². The van der Waals surface area contributed by atoms with Crippen LogP contribution in [0.25, 0.3) is 0 Å². The summed E-state index contributed by atoms with van der Waals surface area (Å²) in [4.78, 5) is 10.7. The van der Waals surface area contributed by atoms with Crippen molar-refractivity contribution in [3.63, 3.8) is 0 Å². The Labute approximate surface area is 121 Å². The summed E-state index contributed by atoms with van der Waals surface area (Å²) in [7, 11) is 0. The first kappa shape index (κ1) is 15.1. The van der Waals surface area contributed by atoms with Crippen LogP contribution in [0.15, 0.2) is 42.5 Å². The van der Waals surface area contributed by atoms with Crippen molar-refractivity contribution in [3.05, 3.63) is 70.8 Å². The lowest BCUT2D eigenvalue weighted by Gasteiger charge is -2.14. The zero-order valence-corrected chi connectivity index (χ0v) is 11.4. The molecule has 1 atom stereocenters. The van der Waals surface area contributed by atoms with Crippen molar-refractivity contribution in [2.24, 2.45) is 0 Å². The molecule has 0 amide bonds. The van der Waals surface area contributed by atoms with Gasteiger partial charge in [0.15, 0.2) is 0 Å². The molecule has 0 aliphatic carbocycles. The summed E-state index contributed by atoms with van der Waals surface area (Å²) in [6.45, 7) is 2.30. The van der Waals surface area contributed by atoms with Gasteiger partial charge >= 0.3 is 5.97 Å². The average Bonchev–Trinajstić information content (AvgIpc) is 2.45. The third-order valence-electron chi connectivity index (χ3n) is 3.25. The molecule has 110 valence electrons. The Hall–Kier alpha value is -2.27. The summed E-state index contributed by atoms with van der Waals surface area (Å²) in [6.07, 6.45) is 0. The molecule has 0 fully saturated rings. The highest BCUT2D eigenvalue weighted by Crippen LogP contribution is 2.15. The summed E-state index contributed by atoms with van der Waals surface area (Å²) in [5.41, 5.74) is 1.22. The normalized spacial score (nSPS) is 12.1. The second-order valence-electron chi connectivity index (χ2n) is 4.77. The number of nitrogens with one attached hydrogen (secondary N) is 1. The molecule has 0 radical (unpaired) electrons. The van der Waals surface area contributed by atoms with Crippen molar-refractivity contribution in [1.82, 2.24) is 5.32 Å². The lowest BCUT2D eigenvalue weighted by Crippen LogP contribution is -2.18. The van der Waals surface area contributed by atoms with Crippen molar-refractivity contribution in [2.45, 2.75) is 19.5 Å². The summed E-state index contributed by atoms with van der Waals surface area (Å²) in [5, 5.41) is 11.9. The highest BCUT2D eigenvalue weighted by Gasteiger charge is 2.11. The van der Waals surface area contributed by atoms with E-state index in [-0.39, 0.29) is 17.4 Å². The molecule has 0 saturated carbocycles. The molecule has 0 heterocycles. The van der Waals surface area contributed by atoms with Crippen molar-refractivity contribution >= 4 is 5.97 Å². The average molecular weight is 291 g/mol. The Kier molecular flexibility index (Phi) is 4.65. The second-order valence-corrected chi connectivity index (χ2v) is 4.77. The van der Waals surface area contributed by atoms with E-state index >= 15 is 0 Å². The number of hydrogen-bond acceptors (Lipinski definition) is 2. The van der Waals surface area contributed by atoms with Gasteiger partial charge in [0, 0.05) is 12.6 Å². The zero-order valence-electron chi connectivity index (χ0n) is 11.4. The van der Waals surface area contributed by atoms with Crippen LogP contribution in [0.3, 0.4) is 0 Å². The predicted molar refractivity (Wildman–Crippen MR) is 75.0 cm³/mol. The first-order valence-electron chi connectivity index (χ1n) is 6.48. The van der Waals surface area contributed by atoms with Gasteiger partial charge in [0.05, 0.1) is 5.56 Å². The molecule has 2 N–H and O–H groups in total. The van der Waals surface area contributed by atoms with Crippen LogP contribution in [-0.4, -0.2) is 11.1 Å². The van der Waals surface area contributed by atoms with Gasteiger partial charge in [0.25, 0.3) is 0 Å². The van der Waals surface area contributed by atoms with E-state index in [0.717, 1.165) is 5.56 Å². The third-order valence-corrected chi connectivity index (χ3v) is 3.25. The quantitative estimate of drug-likeness (QED) is 0.886. The Bertz CT molecular complexity index is 641. The van der Waals surface area contributed by atoms with Gasteiger partial charge < -0.3 is 10.4 Å². The fourth-order valence-electron chi connectivity index (χ4n) is 1.98. The minimum atomic E-state index is -1.29. The van der Waals surface area contributed by atoms with Gasteiger partial charge in [-0.05, 0) is 42.3 Å². The molecule has 21 heavy (non-hydrogen) atoms. The minimum absolute atomic E-state index is 0.0344. The first-order valence-corrected chi connectivity index (χ1v) is 6.48. The fourth-order valence-corrected chi connectivity index (χ4v) is 1.98. The van der Waals surface area contributed by atoms with Gasteiger partial charge in [0.1, 0.15) is 11.6 Å². The van der Waals surface area contributed by atoms with Crippen molar-refractivity contribution < 1.29 is 18.7 Å². The first-order chi connectivity index (χ1) is 9.97. The molecule has 0 aliphatic heterocycles. The maximum absolute atomic E-state index is 13.5. The number of carbonyl (C=O) groups is 1. The molecule has 3 nitrogen and oxygen atoms in total. The molecule has 2 aromatic carbocycles. The van der Waals surface area contributed by atoms with Crippen LogP contribution in [0.2, 0.25) is 0 Å². The molecular weight excluding hydrogens is 276 g/mol. The second kappa shape index (κ2) is 6.45. The Balaban J connectivity index is 2.01. The highest BCUT2D eigenvalue weighted by atomic mass is 19.1. The minimum Gasteiger partial charge on any atom is -0.478 e. The topological polar surface area (TPSA) is 49.3 Å². The van der Waals surface area contributed by atoms with Gasteiger partial charge in [-0.15, -0.1) is 0 Å². The van der Waals surface area contributed by atoms with Crippen molar-refractivity contribution in [1.29, 1.82) is 0 Å². The van der Waals surface area contributed by atoms with E-state index in [1.54, 1.807) is 18.2 Å². The summed E-state index contributed by atoms with van der Waals surface area (Å²) in [6, 6.07) is 10.1. The van der Waals surface area contributed by atoms with Crippen LogP contribution in [0.4, 0.5) is 8.78 Å². The van der Waals surface area contributed by atoms with Crippen LogP contribution in [0, 0.1) is 11.6 Å². The Morgan fingerprint density at radius 2 is 1.86 bits per heavy atom. The van der Waals surface area contributed by atoms with Crippen LogP contribution >= 0.6 is 0 Å². The Morgan fingerprint density at radius 3 is 2.43 bits per heavy atom. The van der Waals surface area contributed by atoms with Crippen LogP contribution in [0.5, 0.6) is 0 Å². The SMILES string of the molecule is CC(NCc1ccc(C(=O)O)c(F)c1)c1ccc(F)cc1. The van der Waals surface area contributed by atoms with E-state index in [9.17, 15) is 13.6 Å². The Morgan fingerprint density at radius 1 is 1.19 bits per heavy atom. The molecule has 0 saturated heterocycles. The monoisotopic (exact) mass is 291 g/mol. The number of hydrogen-bond donors (Lipinski definition) is 2. The van der Waals surface area contributed by atoms with Crippen LogP contribution in [0.1, 0.15) is 34.5 Å². The molecule has 0 aromatic heterocycles. The third kappa shape index (κ3) is 3.86. The zero-order chi connectivity index (χ0) is 15.4. The fraction of sp³-hybridized carbons (Fsp3) is 0.188. The van der Waals surface area contributed by atoms with Crippen molar-refractivity contribution in [3.8, 4) is 0 Å². The van der Waals surface area contributed by atoms with Crippen molar-refractivity contribution in [2.75, 3.05) is 0 Å². The maximum Gasteiger partial charge on any atom is 0.338 e. The van der Waals surface area contributed by atoms with Gasteiger partial charge in [-0.25, -0.2) is 13.6 Å².